The van der Waals surface area contributed by atoms with Crippen molar-refractivity contribution in [1.82, 2.24) is 34.2 Å². The molecule has 1 aliphatic rings. The Labute approximate surface area is 180 Å². The molecule has 1 aromatic carbocycles. The minimum atomic E-state index is 0.0182. The molecule has 4 aromatic rings. The van der Waals surface area contributed by atoms with Gasteiger partial charge in [0.1, 0.15) is 17.7 Å². The number of carbonyl (C=O) groups excluding carboxylic acids is 1. The summed E-state index contributed by atoms with van der Waals surface area (Å²) in [6.07, 6.45) is 7.91. The summed E-state index contributed by atoms with van der Waals surface area (Å²) in [6.45, 7) is 2.22. The lowest BCUT2D eigenvalue weighted by atomic mass is 9.95. The molecule has 0 unspecified atom stereocenters. The normalized spacial score (nSPS) is 14.9. The fourth-order valence-electron chi connectivity index (χ4n) is 4.31. The van der Waals surface area contributed by atoms with E-state index in [0.29, 0.717) is 24.6 Å². The van der Waals surface area contributed by atoms with Crippen molar-refractivity contribution in [3.8, 4) is 0 Å². The molecule has 0 saturated carbocycles. The van der Waals surface area contributed by atoms with Gasteiger partial charge in [0.05, 0.1) is 11.9 Å². The molecule has 8 nitrogen and oxygen atoms in total. The number of aryl methyl sites for hydroxylation is 3. The molecule has 3 aromatic heterocycles. The van der Waals surface area contributed by atoms with E-state index in [1.54, 1.807) is 18.9 Å². The molecule has 1 aliphatic heterocycles. The minimum absolute atomic E-state index is 0.0182. The van der Waals surface area contributed by atoms with E-state index < -0.39 is 0 Å². The number of benzene rings is 1. The van der Waals surface area contributed by atoms with E-state index in [0.717, 1.165) is 42.8 Å². The maximum absolute atomic E-state index is 13.0. The molecule has 31 heavy (non-hydrogen) atoms. The molecule has 0 N–H and O–H groups in total. The summed E-state index contributed by atoms with van der Waals surface area (Å²) in [5.74, 6) is 1.36. The number of imidazole rings is 1. The first-order valence-corrected chi connectivity index (χ1v) is 10.7. The van der Waals surface area contributed by atoms with Crippen LogP contribution in [0.3, 0.4) is 0 Å². The van der Waals surface area contributed by atoms with Crippen molar-refractivity contribution in [2.45, 2.75) is 31.7 Å². The number of carbonyl (C=O) groups is 1. The number of rotatable bonds is 5. The molecule has 1 saturated heterocycles. The highest BCUT2D eigenvalue weighted by Gasteiger charge is 2.27. The van der Waals surface area contributed by atoms with Crippen LogP contribution >= 0.6 is 0 Å². The largest absolute Gasteiger partial charge is 0.339 e. The molecule has 0 atom stereocenters. The van der Waals surface area contributed by atoms with Gasteiger partial charge in [-0.1, -0.05) is 30.3 Å². The fraction of sp³-hybridized carbons (Fsp3) is 0.348. The van der Waals surface area contributed by atoms with Gasteiger partial charge in [0.15, 0.2) is 5.65 Å². The van der Waals surface area contributed by atoms with Gasteiger partial charge in [-0.15, -0.1) is 10.2 Å². The number of hydrogen-bond acceptors (Lipinski definition) is 5. The Morgan fingerprint density at radius 1 is 1.10 bits per heavy atom. The van der Waals surface area contributed by atoms with Crippen LogP contribution in [0.15, 0.2) is 55.2 Å². The molecule has 5 rings (SSSR count). The van der Waals surface area contributed by atoms with Gasteiger partial charge in [-0.05, 0) is 30.9 Å². The second-order valence-corrected chi connectivity index (χ2v) is 8.11. The van der Waals surface area contributed by atoms with Gasteiger partial charge in [-0.2, -0.15) is 0 Å². The van der Waals surface area contributed by atoms with Crippen molar-refractivity contribution in [3.63, 3.8) is 0 Å². The second kappa shape index (κ2) is 8.29. The number of aromatic nitrogens is 6. The minimum Gasteiger partial charge on any atom is -0.339 e. The summed E-state index contributed by atoms with van der Waals surface area (Å²) >= 11 is 0. The number of fused-ring (bicyclic) bond motifs is 1. The van der Waals surface area contributed by atoms with Gasteiger partial charge in [0.2, 0.25) is 0 Å². The number of pyridine rings is 1. The monoisotopic (exact) mass is 415 g/mol. The zero-order valence-electron chi connectivity index (χ0n) is 17.6. The van der Waals surface area contributed by atoms with Crippen LogP contribution < -0.4 is 0 Å². The smallest absolute Gasteiger partial charge is 0.255 e. The molecule has 0 bridgehead atoms. The lowest BCUT2D eigenvalue weighted by Gasteiger charge is -2.31. The number of piperidine rings is 1. The summed E-state index contributed by atoms with van der Waals surface area (Å²) in [7, 11) is 1.97. The molecule has 8 heteroatoms. The van der Waals surface area contributed by atoms with Gasteiger partial charge < -0.3 is 14.0 Å². The predicted molar refractivity (Wildman–Crippen MR) is 117 cm³/mol. The summed E-state index contributed by atoms with van der Waals surface area (Å²) in [4.78, 5) is 24.0. The highest BCUT2D eigenvalue weighted by molar-refractivity contribution is 5.96. The summed E-state index contributed by atoms with van der Waals surface area (Å²) in [5.41, 5.74) is 3.44. The molecule has 0 radical (unpaired) electrons. The van der Waals surface area contributed by atoms with Crippen LogP contribution in [0.2, 0.25) is 0 Å². The Hall–Kier alpha value is -3.55. The Balaban J connectivity index is 1.25. The number of hydrogen-bond donors (Lipinski definition) is 0. The van der Waals surface area contributed by atoms with E-state index in [4.69, 9.17) is 0 Å². The van der Waals surface area contributed by atoms with Gasteiger partial charge in [-0.3, -0.25) is 4.79 Å². The third-order valence-electron chi connectivity index (χ3n) is 6.08. The molecule has 1 fully saturated rings. The first-order chi connectivity index (χ1) is 15.2. The van der Waals surface area contributed by atoms with Gasteiger partial charge in [-0.25, -0.2) is 9.97 Å². The summed E-state index contributed by atoms with van der Waals surface area (Å²) in [5, 5.41) is 8.20. The summed E-state index contributed by atoms with van der Waals surface area (Å²) < 4.78 is 4.01. The maximum atomic E-state index is 13.0. The lowest BCUT2D eigenvalue weighted by molar-refractivity contribution is 0.0710. The predicted octanol–water partition coefficient (Wildman–Crippen LogP) is 2.82. The first kappa shape index (κ1) is 19.4. The maximum Gasteiger partial charge on any atom is 0.255 e. The van der Waals surface area contributed by atoms with Gasteiger partial charge in [0, 0.05) is 38.8 Å². The van der Waals surface area contributed by atoms with E-state index >= 15 is 0 Å². The van der Waals surface area contributed by atoms with Crippen LogP contribution in [0.1, 0.15) is 40.5 Å². The summed E-state index contributed by atoms with van der Waals surface area (Å²) in [6, 6.07) is 12.2. The van der Waals surface area contributed by atoms with Crippen LogP contribution in [-0.4, -0.2) is 53.2 Å². The van der Waals surface area contributed by atoms with Crippen LogP contribution in [-0.2, 0) is 20.0 Å². The van der Waals surface area contributed by atoms with E-state index in [1.165, 1.54) is 5.56 Å². The average molecular weight is 416 g/mol. The molecule has 0 aliphatic carbocycles. The van der Waals surface area contributed by atoms with E-state index in [1.807, 2.05) is 45.3 Å². The van der Waals surface area contributed by atoms with Crippen molar-refractivity contribution in [1.29, 1.82) is 0 Å². The third kappa shape index (κ3) is 3.93. The van der Waals surface area contributed by atoms with E-state index in [2.05, 4.69) is 32.3 Å². The second-order valence-electron chi connectivity index (χ2n) is 8.11. The van der Waals surface area contributed by atoms with Crippen molar-refractivity contribution < 1.29 is 4.79 Å². The Morgan fingerprint density at radius 3 is 2.65 bits per heavy atom. The molecular formula is C23H25N7O. The highest BCUT2D eigenvalue weighted by atomic mass is 16.2. The molecular weight excluding hydrogens is 390 g/mol. The van der Waals surface area contributed by atoms with Crippen LogP contribution in [0, 0.1) is 0 Å². The number of amides is 1. The van der Waals surface area contributed by atoms with Crippen molar-refractivity contribution in [2.75, 3.05) is 13.1 Å². The molecule has 4 heterocycles. The van der Waals surface area contributed by atoms with Crippen molar-refractivity contribution in [2.24, 2.45) is 7.05 Å². The number of nitrogens with zero attached hydrogens (tertiary/aromatic N) is 7. The first-order valence-electron chi connectivity index (χ1n) is 10.7. The Morgan fingerprint density at radius 2 is 1.90 bits per heavy atom. The van der Waals surface area contributed by atoms with Gasteiger partial charge >= 0.3 is 0 Å². The van der Waals surface area contributed by atoms with E-state index in [9.17, 15) is 4.79 Å². The molecule has 0 spiro atoms. The average Bonchev–Trinajstić information content (AvgIpc) is 3.43. The van der Waals surface area contributed by atoms with Gasteiger partial charge in [0.25, 0.3) is 5.91 Å². The topological polar surface area (TPSA) is 81.7 Å². The Bertz CT molecular complexity index is 1190. The fourth-order valence-corrected chi connectivity index (χ4v) is 4.31. The van der Waals surface area contributed by atoms with E-state index in [-0.39, 0.29) is 5.91 Å². The van der Waals surface area contributed by atoms with Crippen LogP contribution in [0.5, 0.6) is 0 Å². The quantitative estimate of drug-likeness (QED) is 0.501. The third-order valence-corrected chi connectivity index (χ3v) is 6.08. The number of likely N-dealkylation sites (tertiary alicyclic amines) is 1. The van der Waals surface area contributed by atoms with Crippen LogP contribution in [0.25, 0.3) is 11.2 Å². The molecule has 1 amide bonds. The SMILES string of the molecule is Cn1cnnc1C1CCN(C(=O)c2cnc3c(c2)ncn3CCc2ccccc2)CC1. The standard InChI is InChI=1S/C23H25N7O/c1-28-16-26-27-21(28)18-8-11-29(12-9-18)23(31)19-13-20-22(24-14-19)30(15-25-20)10-7-17-5-3-2-4-6-17/h2-6,13-16,18H,7-12H2,1H3. The highest BCUT2D eigenvalue weighted by Crippen LogP contribution is 2.27. The Kier molecular flexibility index (Phi) is 5.19. The van der Waals surface area contributed by atoms with Crippen LogP contribution in [0.4, 0.5) is 0 Å². The lowest BCUT2D eigenvalue weighted by Crippen LogP contribution is -2.38. The van der Waals surface area contributed by atoms with Crippen molar-refractivity contribution >= 4 is 17.1 Å². The zero-order valence-corrected chi connectivity index (χ0v) is 17.6. The molecule has 158 valence electrons. The van der Waals surface area contributed by atoms with Crippen molar-refractivity contribution in [3.05, 3.63) is 72.2 Å². The zero-order chi connectivity index (χ0) is 21.2.